The van der Waals surface area contributed by atoms with Crippen LogP contribution >= 0.6 is 0 Å². The maximum atomic E-state index is 11.7. The number of carboxylic acids is 1. The van der Waals surface area contributed by atoms with Crippen LogP contribution in [0.5, 0.6) is 11.5 Å². The standard InChI is InChI=1S/C19H22O4/c1-4-14-12-15(7-10-18(14)23-3)17(19(20)21)11-13-5-8-16(22-2)9-6-13/h5-10,12,17H,4,11H2,1-3H3,(H,20,21). The molecule has 4 heteroatoms. The van der Waals surface area contributed by atoms with Crippen molar-refractivity contribution in [3.05, 3.63) is 59.2 Å². The lowest BCUT2D eigenvalue weighted by Crippen LogP contribution is -2.15. The van der Waals surface area contributed by atoms with Crippen molar-refractivity contribution in [2.24, 2.45) is 0 Å². The summed E-state index contributed by atoms with van der Waals surface area (Å²) >= 11 is 0. The molecule has 0 radical (unpaired) electrons. The van der Waals surface area contributed by atoms with Crippen molar-refractivity contribution in [1.29, 1.82) is 0 Å². The molecule has 1 N–H and O–H groups in total. The highest BCUT2D eigenvalue weighted by Crippen LogP contribution is 2.28. The molecule has 2 aromatic rings. The molecule has 0 aromatic heterocycles. The number of methoxy groups -OCH3 is 2. The minimum absolute atomic E-state index is 0.439. The number of carboxylic acid groups (broad SMARTS) is 1. The van der Waals surface area contributed by atoms with Gasteiger partial charge in [0.05, 0.1) is 20.1 Å². The van der Waals surface area contributed by atoms with Gasteiger partial charge in [-0.25, -0.2) is 0 Å². The van der Waals surface area contributed by atoms with Crippen molar-refractivity contribution in [3.63, 3.8) is 0 Å². The van der Waals surface area contributed by atoms with E-state index in [-0.39, 0.29) is 0 Å². The molecule has 23 heavy (non-hydrogen) atoms. The van der Waals surface area contributed by atoms with Gasteiger partial charge >= 0.3 is 5.97 Å². The molecule has 0 aliphatic rings. The molecule has 2 rings (SSSR count). The van der Waals surface area contributed by atoms with E-state index in [9.17, 15) is 9.90 Å². The van der Waals surface area contributed by atoms with Crippen LogP contribution in [-0.4, -0.2) is 25.3 Å². The van der Waals surface area contributed by atoms with Gasteiger partial charge < -0.3 is 14.6 Å². The molecule has 0 saturated heterocycles. The van der Waals surface area contributed by atoms with Crippen LogP contribution < -0.4 is 9.47 Å². The van der Waals surface area contributed by atoms with Gasteiger partial charge in [-0.3, -0.25) is 4.79 Å². The molecular formula is C19H22O4. The van der Waals surface area contributed by atoms with Crippen LogP contribution in [0.1, 0.15) is 29.5 Å². The highest BCUT2D eigenvalue weighted by molar-refractivity contribution is 5.76. The number of benzene rings is 2. The monoisotopic (exact) mass is 314 g/mol. The Morgan fingerprint density at radius 1 is 1.09 bits per heavy atom. The molecule has 0 bridgehead atoms. The number of hydrogen-bond acceptors (Lipinski definition) is 3. The number of rotatable bonds is 7. The topological polar surface area (TPSA) is 55.8 Å². The number of ether oxygens (including phenoxy) is 2. The average Bonchev–Trinajstić information content (AvgIpc) is 2.59. The molecule has 0 fully saturated rings. The summed E-state index contributed by atoms with van der Waals surface area (Å²) < 4.78 is 10.4. The predicted octanol–water partition coefficient (Wildman–Crippen LogP) is 3.68. The van der Waals surface area contributed by atoms with Gasteiger partial charge in [-0.2, -0.15) is 0 Å². The first-order chi connectivity index (χ1) is 11.1. The van der Waals surface area contributed by atoms with E-state index < -0.39 is 11.9 Å². The molecule has 122 valence electrons. The van der Waals surface area contributed by atoms with Crippen LogP contribution in [0.3, 0.4) is 0 Å². The molecular weight excluding hydrogens is 292 g/mol. The molecule has 4 nitrogen and oxygen atoms in total. The Morgan fingerprint density at radius 3 is 2.30 bits per heavy atom. The molecule has 1 atom stereocenters. The van der Waals surface area contributed by atoms with E-state index in [0.29, 0.717) is 6.42 Å². The van der Waals surface area contributed by atoms with Gasteiger partial charge in [0.1, 0.15) is 11.5 Å². The molecule has 0 saturated carbocycles. The van der Waals surface area contributed by atoms with Gasteiger partial charge in [-0.15, -0.1) is 0 Å². The number of carbonyl (C=O) groups is 1. The van der Waals surface area contributed by atoms with Crippen LogP contribution in [0.2, 0.25) is 0 Å². The fourth-order valence-corrected chi connectivity index (χ4v) is 2.64. The Morgan fingerprint density at radius 2 is 1.78 bits per heavy atom. The number of aliphatic carboxylic acids is 1. The van der Waals surface area contributed by atoms with E-state index in [1.807, 2.05) is 49.4 Å². The molecule has 0 spiro atoms. The summed E-state index contributed by atoms with van der Waals surface area (Å²) in [6.07, 6.45) is 1.24. The van der Waals surface area contributed by atoms with Crippen molar-refractivity contribution >= 4 is 5.97 Å². The summed E-state index contributed by atoms with van der Waals surface area (Å²) in [5.74, 6) is 0.149. The van der Waals surface area contributed by atoms with Crippen molar-refractivity contribution in [3.8, 4) is 11.5 Å². The van der Waals surface area contributed by atoms with Gasteiger partial charge in [0, 0.05) is 0 Å². The summed E-state index contributed by atoms with van der Waals surface area (Å²) in [6.45, 7) is 2.03. The summed E-state index contributed by atoms with van der Waals surface area (Å²) in [7, 11) is 3.24. The molecule has 0 amide bonds. The number of hydrogen-bond donors (Lipinski definition) is 1. The fourth-order valence-electron chi connectivity index (χ4n) is 2.64. The van der Waals surface area contributed by atoms with Crippen LogP contribution in [0, 0.1) is 0 Å². The van der Waals surface area contributed by atoms with E-state index in [1.54, 1.807) is 14.2 Å². The van der Waals surface area contributed by atoms with Crippen LogP contribution in [0.4, 0.5) is 0 Å². The van der Waals surface area contributed by atoms with E-state index >= 15 is 0 Å². The summed E-state index contributed by atoms with van der Waals surface area (Å²) in [5, 5.41) is 9.62. The predicted molar refractivity (Wildman–Crippen MR) is 89.4 cm³/mol. The highest BCUT2D eigenvalue weighted by atomic mass is 16.5. The molecule has 2 aromatic carbocycles. The Kier molecular flexibility index (Phi) is 5.63. The second kappa shape index (κ2) is 7.68. The van der Waals surface area contributed by atoms with Gasteiger partial charge in [0.25, 0.3) is 0 Å². The minimum Gasteiger partial charge on any atom is -0.497 e. The zero-order chi connectivity index (χ0) is 16.8. The van der Waals surface area contributed by atoms with E-state index in [0.717, 1.165) is 34.6 Å². The quantitative estimate of drug-likeness (QED) is 0.847. The third-order valence-corrected chi connectivity index (χ3v) is 3.98. The number of aryl methyl sites for hydroxylation is 1. The summed E-state index contributed by atoms with van der Waals surface area (Å²) in [4.78, 5) is 11.7. The average molecular weight is 314 g/mol. The maximum absolute atomic E-state index is 11.7. The van der Waals surface area contributed by atoms with Gasteiger partial charge in [-0.1, -0.05) is 31.2 Å². The summed E-state index contributed by atoms with van der Waals surface area (Å²) in [6, 6.07) is 13.1. The molecule has 0 heterocycles. The van der Waals surface area contributed by atoms with E-state index in [1.165, 1.54) is 0 Å². The first-order valence-electron chi connectivity index (χ1n) is 7.61. The lowest BCUT2D eigenvalue weighted by atomic mass is 9.90. The highest BCUT2D eigenvalue weighted by Gasteiger charge is 2.21. The molecule has 0 aliphatic heterocycles. The van der Waals surface area contributed by atoms with Crippen molar-refractivity contribution in [2.45, 2.75) is 25.7 Å². The second-order valence-corrected chi connectivity index (χ2v) is 5.37. The summed E-state index contributed by atoms with van der Waals surface area (Å²) in [5.41, 5.74) is 2.78. The van der Waals surface area contributed by atoms with Gasteiger partial charge in [0.15, 0.2) is 0 Å². The first kappa shape index (κ1) is 16.9. The van der Waals surface area contributed by atoms with Crippen LogP contribution in [-0.2, 0) is 17.6 Å². The van der Waals surface area contributed by atoms with E-state index in [2.05, 4.69) is 0 Å². The smallest absolute Gasteiger partial charge is 0.311 e. The van der Waals surface area contributed by atoms with Gasteiger partial charge in [0.2, 0.25) is 0 Å². The van der Waals surface area contributed by atoms with Gasteiger partial charge in [-0.05, 0) is 47.7 Å². The maximum Gasteiger partial charge on any atom is 0.311 e. The van der Waals surface area contributed by atoms with Crippen molar-refractivity contribution in [2.75, 3.05) is 14.2 Å². The normalized spacial score (nSPS) is 11.8. The second-order valence-electron chi connectivity index (χ2n) is 5.37. The lowest BCUT2D eigenvalue weighted by Gasteiger charge is -2.16. The minimum atomic E-state index is -0.826. The Bertz CT molecular complexity index is 662. The SMILES string of the molecule is CCc1cc(C(Cc2ccc(OC)cc2)C(=O)O)ccc1OC. The first-order valence-corrected chi connectivity index (χ1v) is 7.61. The third kappa shape index (κ3) is 4.03. The zero-order valence-electron chi connectivity index (χ0n) is 13.7. The Labute approximate surface area is 136 Å². The van der Waals surface area contributed by atoms with Crippen molar-refractivity contribution in [1.82, 2.24) is 0 Å². The van der Waals surface area contributed by atoms with E-state index in [4.69, 9.17) is 9.47 Å². The third-order valence-electron chi connectivity index (χ3n) is 3.98. The lowest BCUT2D eigenvalue weighted by molar-refractivity contribution is -0.138. The van der Waals surface area contributed by atoms with Crippen LogP contribution in [0.25, 0.3) is 0 Å². The Hall–Kier alpha value is -2.49. The largest absolute Gasteiger partial charge is 0.497 e. The fraction of sp³-hybridized carbons (Fsp3) is 0.316. The molecule has 0 aliphatic carbocycles. The Balaban J connectivity index is 2.29. The zero-order valence-corrected chi connectivity index (χ0v) is 13.7. The van der Waals surface area contributed by atoms with Crippen molar-refractivity contribution < 1.29 is 19.4 Å². The molecule has 1 unspecified atom stereocenters. The van der Waals surface area contributed by atoms with Crippen LogP contribution in [0.15, 0.2) is 42.5 Å².